The van der Waals surface area contributed by atoms with E-state index in [0.29, 0.717) is 22.3 Å². The number of carbonyl (C=O) groups excluding carboxylic acids is 1. The maximum absolute atomic E-state index is 13.0. The first-order valence-electron chi connectivity index (χ1n) is 7.96. The first-order chi connectivity index (χ1) is 12.4. The van der Waals surface area contributed by atoms with Crippen LogP contribution in [0.3, 0.4) is 0 Å². The number of fused-ring (bicyclic) bond motifs is 1. The van der Waals surface area contributed by atoms with Crippen LogP contribution >= 0.6 is 0 Å². The average molecular weight is 353 g/mol. The van der Waals surface area contributed by atoms with Gasteiger partial charge in [0.15, 0.2) is 5.76 Å². The predicted molar refractivity (Wildman–Crippen MR) is 94.4 cm³/mol. The van der Waals surface area contributed by atoms with Crippen molar-refractivity contribution in [2.75, 3.05) is 13.7 Å². The Morgan fingerprint density at radius 3 is 2.46 bits per heavy atom. The van der Waals surface area contributed by atoms with Crippen molar-refractivity contribution in [3.8, 4) is 22.8 Å². The molecule has 0 aliphatic heterocycles. The number of hydrogen-bond acceptors (Lipinski definition) is 6. The van der Waals surface area contributed by atoms with Crippen molar-refractivity contribution in [3.63, 3.8) is 0 Å². The number of rotatable bonds is 5. The van der Waals surface area contributed by atoms with E-state index >= 15 is 0 Å². The number of carboxylic acids is 1. The normalized spacial score (nSPS) is 10.7. The Balaban J connectivity index is 2.28. The summed E-state index contributed by atoms with van der Waals surface area (Å²) in [5.41, 5.74) is 2.24. The summed E-state index contributed by atoms with van der Waals surface area (Å²) in [6, 6.07) is 10.5. The molecular formula is C20H17O6-. The van der Waals surface area contributed by atoms with Gasteiger partial charge in [0.25, 0.3) is 0 Å². The van der Waals surface area contributed by atoms with Crippen molar-refractivity contribution in [3.05, 3.63) is 57.7 Å². The van der Waals surface area contributed by atoms with Gasteiger partial charge in [-0.3, -0.25) is 4.79 Å². The lowest BCUT2D eigenvalue weighted by Crippen LogP contribution is -2.30. The molecule has 1 aromatic heterocycles. The first-order valence-corrected chi connectivity index (χ1v) is 7.96. The molecule has 6 nitrogen and oxygen atoms in total. The van der Waals surface area contributed by atoms with E-state index < -0.39 is 18.0 Å². The predicted octanol–water partition coefficient (Wildman–Crippen LogP) is 2.21. The van der Waals surface area contributed by atoms with Crippen molar-refractivity contribution in [1.29, 1.82) is 0 Å². The number of hydrogen-bond donors (Lipinski definition) is 0. The fourth-order valence-corrected chi connectivity index (χ4v) is 2.87. The monoisotopic (exact) mass is 353 g/mol. The van der Waals surface area contributed by atoms with Crippen molar-refractivity contribution in [2.24, 2.45) is 0 Å². The molecule has 2 aromatic carbocycles. The van der Waals surface area contributed by atoms with Gasteiger partial charge in [0.1, 0.15) is 17.9 Å². The smallest absolute Gasteiger partial charge is 0.235 e. The van der Waals surface area contributed by atoms with Gasteiger partial charge in [-0.2, -0.15) is 0 Å². The summed E-state index contributed by atoms with van der Waals surface area (Å²) in [6.45, 7) is 2.95. The highest BCUT2D eigenvalue weighted by Gasteiger charge is 2.19. The molecule has 0 unspecified atom stereocenters. The molecule has 0 N–H and O–H groups in total. The Kier molecular flexibility index (Phi) is 4.67. The van der Waals surface area contributed by atoms with E-state index in [2.05, 4.69) is 0 Å². The van der Waals surface area contributed by atoms with Crippen LogP contribution in [-0.2, 0) is 4.79 Å². The lowest BCUT2D eigenvalue weighted by atomic mass is 10.0. The van der Waals surface area contributed by atoms with Crippen LogP contribution in [0.15, 0.2) is 45.6 Å². The highest BCUT2D eigenvalue weighted by molar-refractivity contribution is 5.85. The zero-order valence-electron chi connectivity index (χ0n) is 14.6. The van der Waals surface area contributed by atoms with Crippen LogP contribution in [0.1, 0.15) is 11.1 Å². The minimum absolute atomic E-state index is 0.154. The third-order valence-corrected chi connectivity index (χ3v) is 3.98. The van der Waals surface area contributed by atoms with Gasteiger partial charge >= 0.3 is 0 Å². The summed E-state index contributed by atoms with van der Waals surface area (Å²) >= 11 is 0. The standard InChI is InChI=1S/C20H18O6/c1-11-8-12(2)17-15(9-11)26-19(13-4-6-14(24-3)7-5-13)20(18(17)23)25-10-16(21)22/h4-9H,10H2,1-3H3,(H,21,22)/p-1. The second-order valence-electron chi connectivity index (χ2n) is 5.93. The Morgan fingerprint density at radius 2 is 1.85 bits per heavy atom. The molecule has 134 valence electrons. The topological polar surface area (TPSA) is 88.8 Å². The molecule has 0 amide bonds. The van der Waals surface area contributed by atoms with Crippen molar-refractivity contribution < 1.29 is 23.8 Å². The van der Waals surface area contributed by atoms with Crippen LogP contribution in [0, 0.1) is 13.8 Å². The van der Waals surface area contributed by atoms with Crippen LogP contribution in [0.5, 0.6) is 11.5 Å². The molecule has 1 heterocycles. The van der Waals surface area contributed by atoms with Gasteiger partial charge in [-0.05, 0) is 55.3 Å². The fraction of sp³-hybridized carbons (Fsp3) is 0.200. The Bertz CT molecular complexity index is 1030. The Hall–Kier alpha value is -3.28. The largest absolute Gasteiger partial charge is 0.546 e. The van der Waals surface area contributed by atoms with Crippen LogP contribution in [0.25, 0.3) is 22.3 Å². The molecular weight excluding hydrogens is 336 g/mol. The number of carboxylic acid groups (broad SMARTS) is 1. The van der Waals surface area contributed by atoms with Gasteiger partial charge in [0.05, 0.1) is 18.5 Å². The van der Waals surface area contributed by atoms with Crippen LogP contribution in [0.4, 0.5) is 0 Å². The van der Waals surface area contributed by atoms with Crippen LogP contribution in [0.2, 0.25) is 0 Å². The van der Waals surface area contributed by atoms with E-state index in [-0.39, 0.29) is 11.5 Å². The van der Waals surface area contributed by atoms with Gasteiger partial charge in [-0.15, -0.1) is 0 Å². The van der Waals surface area contributed by atoms with Gasteiger partial charge in [-0.1, -0.05) is 6.07 Å². The van der Waals surface area contributed by atoms with Gasteiger partial charge in [0.2, 0.25) is 11.2 Å². The minimum atomic E-state index is -1.43. The maximum Gasteiger partial charge on any atom is 0.235 e. The van der Waals surface area contributed by atoms with Gasteiger partial charge in [-0.25, -0.2) is 0 Å². The third-order valence-electron chi connectivity index (χ3n) is 3.98. The SMILES string of the molecule is COc1ccc(-c2oc3cc(C)cc(C)c3c(=O)c2OCC(=O)[O-])cc1. The lowest BCUT2D eigenvalue weighted by Gasteiger charge is -2.13. The number of methoxy groups -OCH3 is 1. The Morgan fingerprint density at radius 1 is 1.15 bits per heavy atom. The van der Waals surface area contributed by atoms with Crippen molar-refractivity contribution in [2.45, 2.75) is 13.8 Å². The van der Waals surface area contributed by atoms with Crippen LogP contribution < -0.4 is 20.0 Å². The second kappa shape index (κ2) is 6.92. The van der Waals surface area contributed by atoms with E-state index in [9.17, 15) is 14.7 Å². The number of aryl methyl sites for hydroxylation is 2. The molecule has 3 rings (SSSR count). The minimum Gasteiger partial charge on any atom is -0.546 e. The molecule has 0 saturated carbocycles. The molecule has 0 atom stereocenters. The summed E-state index contributed by atoms with van der Waals surface area (Å²) in [6.07, 6.45) is 0. The highest BCUT2D eigenvalue weighted by Crippen LogP contribution is 2.33. The summed E-state index contributed by atoms with van der Waals surface area (Å²) in [7, 11) is 1.55. The van der Waals surface area contributed by atoms with E-state index in [1.54, 1.807) is 44.4 Å². The molecule has 3 aromatic rings. The first kappa shape index (κ1) is 17.5. The zero-order chi connectivity index (χ0) is 18.8. The number of ether oxygens (including phenoxy) is 2. The second-order valence-corrected chi connectivity index (χ2v) is 5.93. The zero-order valence-corrected chi connectivity index (χ0v) is 14.6. The third kappa shape index (κ3) is 3.26. The van der Waals surface area contributed by atoms with Gasteiger partial charge < -0.3 is 23.8 Å². The molecule has 0 fully saturated rings. The average Bonchev–Trinajstić information content (AvgIpc) is 2.60. The molecule has 6 heteroatoms. The molecule has 0 bridgehead atoms. The molecule has 0 saturated heterocycles. The van der Waals surface area contributed by atoms with E-state index in [1.165, 1.54) is 0 Å². The van der Waals surface area contributed by atoms with Gasteiger partial charge in [0, 0.05) is 5.56 Å². The summed E-state index contributed by atoms with van der Waals surface area (Å²) < 4.78 is 16.3. The number of aliphatic carboxylic acids is 1. The highest BCUT2D eigenvalue weighted by atomic mass is 16.5. The van der Waals surface area contributed by atoms with E-state index in [4.69, 9.17) is 13.9 Å². The fourth-order valence-electron chi connectivity index (χ4n) is 2.87. The molecule has 0 radical (unpaired) electrons. The summed E-state index contributed by atoms with van der Waals surface area (Å²) in [4.78, 5) is 23.8. The Labute approximate surface area is 149 Å². The van der Waals surface area contributed by atoms with Crippen molar-refractivity contribution >= 4 is 16.9 Å². The van der Waals surface area contributed by atoms with Crippen molar-refractivity contribution in [1.82, 2.24) is 0 Å². The summed E-state index contributed by atoms with van der Waals surface area (Å²) in [5.74, 6) is -0.776. The number of benzene rings is 2. The van der Waals surface area contributed by atoms with E-state index in [0.717, 1.165) is 11.1 Å². The molecule has 0 spiro atoms. The molecule has 26 heavy (non-hydrogen) atoms. The quantitative estimate of drug-likeness (QED) is 0.699. The summed E-state index contributed by atoms with van der Waals surface area (Å²) in [5, 5.41) is 11.2. The molecule has 0 aliphatic carbocycles. The van der Waals surface area contributed by atoms with E-state index in [1.807, 2.05) is 13.0 Å². The number of carbonyl (C=O) groups is 1. The lowest BCUT2D eigenvalue weighted by molar-refractivity contribution is -0.307. The molecule has 0 aliphatic rings. The van der Waals surface area contributed by atoms with Crippen LogP contribution in [-0.4, -0.2) is 19.7 Å². The maximum atomic E-state index is 13.0.